The Kier molecular flexibility index (Phi) is 1.21. The predicted molar refractivity (Wildman–Crippen MR) is 82.7 cm³/mol. The first-order chi connectivity index (χ1) is 15.6. The SMILES string of the molecule is [2H]c1c([2H])c(N)c2c(=O)n([C@@]3(C([2H])([2H])[2H])C(=O)CC(=O)C([2H])([2H])C3([2H])[2H])c(C([2H])([2H])[2H])nc2c1[2H]. The Morgan fingerprint density at radius 3 is 3.00 bits per heavy atom. The summed E-state index contributed by atoms with van der Waals surface area (Å²) in [7, 11) is 0. The molecule has 1 atom stereocenters. The summed E-state index contributed by atoms with van der Waals surface area (Å²) in [6.07, 6.45) is -9.17. The number of anilines is 1. The number of aromatic nitrogens is 2. The van der Waals surface area contributed by atoms with Gasteiger partial charge in [-0.15, -0.1) is 0 Å². The number of carbonyl (C=O) groups is 2. The van der Waals surface area contributed by atoms with Crippen molar-refractivity contribution in [3.8, 4) is 0 Å². The number of hydrogen-bond acceptors (Lipinski definition) is 5. The highest BCUT2D eigenvalue weighted by Crippen LogP contribution is 2.30. The van der Waals surface area contributed by atoms with Gasteiger partial charge >= 0.3 is 0 Å². The lowest BCUT2D eigenvalue weighted by molar-refractivity contribution is -0.136. The van der Waals surface area contributed by atoms with Crippen molar-refractivity contribution in [3.05, 3.63) is 34.3 Å². The summed E-state index contributed by atoms with van der Waals surface area (Å²) < 4.78 is 103. The van der Waals surface area contributed by atoms with Gasteiger partial charge in [0.25, 0.3) is 5.56 Å². The fourth-order valence-corrected chi connectivity index (χ4v) is 2.11. The maximum atomic E-state index is 13.7. The largest absolute Gasteiger partial charge is 0.398 e. The molecule has 0 unspecified atom stereocenters. The number of aryl methyl sites for hydroxylation is 1. The first-order valence-electron chi connectivity index (χ1n) is 12.5. The van der Waals surface area contributed by atoms with E-state index in [-0.39, 0.29) is 4.57 Å². The second kappa shape index (κ2) is 4.76. The van der Waals surface area contributed by atoms with Crippen LogP contribution in [0, 0.1) is 6.85 Å². The average molecular weight is 312 g/mol. The molecular weight excluding hydrogens is 282 g/mol. The highest BCUT2D eigenvalue weighted by molar-refractivity contribution is 6.05. The van der Waals surface area contributed by atoms with Crippen molar-refractivity contribution in [1.29, 1.82) is 0 Å². The number of nitrogens with two attached hydrogens (primary N) is 1. The van der Waals surface area contributed by atoms with Crippen molar-refractivity contribution in [2.45, 2.75) is 38.4 Å². The van der Waals surface area contributed by atoms with E-state index in [0.29, 0.717) is 0 Å². The molecular formula is C16H17N3O3. The molecule has 0 spiro atoms. The zero-order valence-corrected chi connectivity index (χ0v) is 10.9. The van der Waals surface area contributed by atoms with Crippen LogP contribution < -0.4 is 11.3 Å². The van der Waals surface area contributed by atoms with Gasteiger partial charge in [0.1, 0.15) is 17.1 Å². The van der Waals surface area contributed by atoms with E-state index in [4.69, 9.17) is 23.6 Å². The third-order valence-corrected chi connectivity index (χ3v) is 3.17. The average Bonchev–Trinajstić information content (AvgIpc) is 2.68. The minimum atomic E-state index is -4.02. The van der Waals surface area contributed by atoms with Gasteiger partial charge in [0, 0.05) is 25.8 Å². The Balaban J connectivity index is 2.78. The summed E-state index contributed by atoms with van der Waals surface area (Å²) in [5, 5.41) is -0.936. The smallest absolute Gasteiger partial charge is 0.264 e. The first kappa shape index (κ1) is 5.61. The van der Waals surface area contributed by atoms with Crippen molar-refractivity contribution >= 4 is 28.2 Å². The third-order valence-electron chi connectivity index (χ3n) is 3.17. The van der Waals surface area contributed by atoms with Gasteiger partial charge in [-0.25, -0.2) is 4.98 Å². The molecule has 1 saturated carbocycles. The highest BCUT2D eigenvalue weighted by Gasteiger charge is 2.41. The number of nitrogens with zero attached hydrogens (tertiary/aromatic N) is 2. The number of nitrogen functional groups attached to an aromatic ring is 1. The number of Topliss-reactive ketones (excluding diaryl/α,β-unsaturated/α-hetero) is 2. The molecule has 0 bridgehead atoms. The number of benzene rings is 1. The summed E-state index contributed by atoms with van der Waals surface area (Å²) in [6.45, 7) is -7.50. The van der Waals surface area contributed by atoms with Gasteiger partial charge in [0.15, 0.2) is 5.78 Å². The Labute approximate surface area is 145 Å². The van der Waals surface area contributed by atoms with Crippen molar-refractivity contribution in [1.82, 2.24) is 9.55 Å². The van der Waals surface area contributed by atoms with Crippen LogP contribution in [-0.4, -0.2) is 21.1 Å². The number of ketones is 2. The molecule has 0 radical (unpaired) electrons. The quantitative estimate of drug-likeness (QED) is 0.633. The van der Waals surface area contributed by atoms with E-state index in [0.717, 1.165) is 0 Å². The van der Waals surface area contributed by atoms with Gasteiger partial charge < -0.3 is 5.73 Å². The van der Waals surface area contributed by atoms with E-state index in [1.54, 1.807) is 0 Å². The van der Waals surface area contributed by atoms with Crippen LogP contribution in [-0.2, 0) is 15.1 Å². The maximum Gasteiger partial charge on any atom is 0.264 e. The number of carbonyl (C=O) groups excluding carboxylic acids is 2. The van der Waals surface area contributed by atoms with Gasteiger partial charge in [-0.3, -0.25) is 19.0 Å². The van der Waals surface area contributed by atoms with Gasteiger partial charge in [-0.2, -0.15) is 0 Å². The van der Waals surface area contributed by atoms with Crippen LogP contribution in [0.25, 0.3) is 10.9 Å². The Hall–Kier alpha value is -2.50. The molecule has 2 N–H and O–H groups in total. The van der Waals surface area contributed by atoms with Crippen LogP contribution in [0.3, 0.4) is 0 Å². The van der Waals surface area contributed by atoms with Gasteiger partial charge in [-0.05, 0) is 32.2 Å². The summed E-state index contributed by atoms with van der Waals surface area (Å²) in [5.74, 6) is -4.92. The molecule has 1 aliphatic rings. The van der Waals surface area contributed by atoms with Gasteiger partial charge in [0.2, 0.25) is 0 Å². The second-order valence-electron chi connectivity index (χ2n) is 4.57. The molecule has 3 rings (SSSR count). The summed E-state index contributed by atoms with van der Waals surface area (Å²) >= 11 is 0. The van der Waals surface area contributed by atoms with E-state index in [9.17, 15) is 14.4 Å². The number of hydrogen-bond donors (Lipinski definition) is 1. The van der Waals surface area contributed by atoms with E-state index >= 15 is 0 Å². The highest BCUT2D eigenvalue weighted by atomic mass is 16.2. The monoisotopic (exact) mass is 312 g/mol. The first-order valence-corrected chi connectivity index (χ1v) is 5.98. The Bertz CT molecular complexity index is 1360. The summed E-state index contributed by atoms with van der Waals surface area (Å²) in [5.41, 5.74) is -1.57. The van der Waals surface area contributed by atoms with Crippen molar-refractivity contribution in [3.63, 3.8) is 0 Å². The van der Waals surface area contributed by atoms with Crippen molar-refractivity contribution < 1.29 is 27.4 Å². The molecule has 1 heterocycles. The minimum Gasteiger partial charge on any atom is -0.398 e. The van der Waals surface area contributed by atoms with Gasteiger partial charge in [-0.1, -0.05) is 6.04 Å². The molecule has 0 saturated heterocycles. The van der Waals surface area contributed by atoms with Crippen LogP contribution in [0.5, 0.6) is 0 Å². The standard InChI is InChI=1S/C16H17N3O3/c1-9-18-12-5-3-4-11(17)14(12)15(22)19(9)16(2)7-6-10(20)8-13(16)21/h3-5H,6-8,17H2,1-2H3/t16-/m1/s1/i1D3,2D3,3D,4D,5D,6D2,7D2. The lowest BCUT2D eigenvalue weighted by Crippen LogP contribution is -2.49. The topological polar surface area (TPSA) is 95.0 Å². The van der Waals surface area contributed by atoms with Crippen molar-refractivity contribution in [2.75, 3.05) is 5.73 Å². The second-order valence-corrected chi connectivity index (χ2v) is 4.57. The number of fused-ring (bicyclic) bond motifs is 1. The normalized spacial score (nSPS) is 36.6. The molecule has 2 aromatic rings. The molecule has 6 nitrogen and oxygen atoms in total. The van der Waals surface area contributed by atoms with Crippen molar-refractivity contribution in [2.24, 2.45) is 0 Å². The molecule has 0 aliphatic heterocycles. The van der Waals surface area contributed by atoms with Crippen LogP contribution in [0.2, 0.25) is 0 Å². The fourth-order valence-electron chi connectivity index (χ4n) is 2.11. The summed E-state index contributed by atoms with van der Waals surface area (Å²) in [6, 6.07) is -2.63. The van der Waals surface area contributed by atoms with Gasteiger partial charge in [0.05, 0.1) is 21.4 Å². The van der Waals surface area contributed by atoms with Crippen LogP contribution in [0.1, 0.15) is 49.7 Å². The zero-order valence-electron chi connectivity index (χ0n) is 23.9. The molecule has 1 aliphatic carbocycles. The lowest BCUT2D eigenvalue weighted by atomic mass is 9.81. The van der Waals surface area contributed by atoms with E-state index in [1.807, 2.05) is 0 Å². The zero-order chi connectivity index (χ0) is 27.3. The third kappa shape index (κ3) is 1.94. The predicted octanol–water partition coefficient (Wildman–Crippen LogP) is 1.32. The van der Waals surface area contributed by atoms with Crippen LogP contribution in [0.15, 0.2) is 22.9 Å². The lowest BCUT2D eigenvalue weighted by Gasteiger charge is -2.34. The molecule has 1 aromatic heterocycles. The van der Waals surface area contributed by atoms with E-state index < -0.39 is 96.1 Å². The van der Waals surface area contributed by atoms with Crippen LogP contribution in [0.4, 0.5) is 5.69 Å². The molecule has 1 fully saturated rings. The maximum absolute atomic E-state index is 13.7. The summed E-state index contributed by atoms with van der Waals surface area (Å²) in [4.78, 5) is 42.8. The van der Waals surface area contributed by atoms with E-state index in [1.165, 1.54) is 0 Å². The number of rotatable bonds is 1. The molecule has 0 amide bonds. The van der Waals surface area contributed by atoms with E-state index in [2.05, 4.69) is 4.98 Å². The minimum absolute atomic E-state index is 0.319. The van der Waals surface area contributed by atoms with Crippen LogP contribution >= 0.6 is 0 Å². The Morgan fingerprint density at radius 1 is 1.45 bits per heavy atom. The molecule has 1 aromatic carbocycles. The fraction of sp³-hybridized carbons (Fsp3) is 0.375. The Morgan fingerprint density at radius 2 is 2.27 bits per heavy atom. The molecule has 22 heavy (non-hydrogen) atoms. The molecule has 114 valence electrons. The molecule has 6 heteroatoms.